The van der Waals surface area contributed by atoms with E-state index in [4.69, 9.17) is 5.73 Å². The average Bonchev–Trinajstić information content (AvgIpc) is 2.54. The molecule has 1 saturated carbocycles. The number of ketones is 1. The lowest BCUT2D eigenvalue weighted by molar-refractivity contribution is 0.0788. The van der Waals surface area contributed by atoms with E-state index < -0.39 is 5.54 Å². The Bertz CT molecular complexity index is 395. The van der Waals surface area contributed by atoms with Gasteiger partial charge in [-0.05, 0) is 42.1 Å². The van der Waals surface area contributed by atoms with Crippen LogP contribution in [0.4, 0.5) is 0 Å². The molecule has 1 aliphatic rings. The molecular formula is C10H14BrN3O. The van der Waals surface area contributed by atoms with Gasteiger partial charge in [0.05, 0.1) is 16.2 Å². The number of hydrogen-bond acceptors (Lipinski definition) is 3. The van der Waals surface area contributed by atoms with Crippen molar-refractivity contribution in [2.24, 2.45) is 5.73 Å². The van der Waals surface area contributed by atoms with Crippen LogP contribution in [0, 0.1) is 0 Å². The maximum atomic E-state index is 12.2. The zero-order chi connectivity index (χ0) is 11.1. The molecule has 2 N–H and O–H groups in total. The van der Waals surface area contributed by atoms with Crippen molar-refractivity contribution >= 4 is 21.7 Å². The zero-order valence-corrected chi connectivity index (χ0v) is 10.2. The normalized spacial score (nSPS) is 18.6. The van der Waals surface area contributed by atoms with E-state index in [-0.39, 0.29) is 5.78 Å². The predicted octanol–water partition coefficient (Wildman–Crippen LogP) is 1.73. The molecule has 1 aromatic rings. The number of aromatic nitrogens is 2. The standard InChI is InChI=1S/C10H14BrN3O/c1-2-14-8(7(11)6-13-14)9(15)10(12)4-3-5-10/h6H,2-5,12H2,1H3. The second-order valence-corrected chi connectivity index (χ2v) is 4.85. The Kier molecular flexibility index (Phi) is 2.68. The van der Waals surface area contributed by atoms with Gasteiger partial charge in [-0.15, -0.1) is 0 Å². The van der Waals surface area contributed by atoms with Crippen LogP contribution in [0.5, 0.6) is 0 Å². The summed E-state index contributed by atoms with van der Waals surface area (Å²) in [5, 5.41) is 4.12. The monoisotopic (exact) mass is 271 g/mol. The van der Waals surface area contributed by atoms with E-state index in [1.807, 2.05) is 6.92 Å². The van der Waals surface area contributed by atoms with Crippen LogP contribution in [0.15, 0.2) is 10.7 Å². The molecule has 0 radical (unpaired) electrons. The molecule has 5 heteroatoms. The number of nitrogens with zero attached hydrogens (tertiary/aromatic N) is 2. The van der Waals surface area contributed by atoms with Crippen LogP contribution in [0.2, 0.25) is 0 Å². The Balaban J connectivity index is 2.36. The van der Waals surface area contributed by atoms with Crippen molar-refractivity contribution in [3.05, 3.63) is 16.4 Å². The molecule has 15 heavy (non-hydrogen) atoms. The van der Waals surface area contributed by atoms with Gasteiger partial charge in [0, 0.05) is 6.54 Å². The highest BCUT2D eigenvalue weighted by atomic mass is 79.9. The molecule has 0 aliphatic heterocycles. The molecular weight excluding hydrogens is 258 g/mol. The molecule has 0 unspecified atom stereocenters. The minimum atomic E-state index is -0.643. The van der Waals surface area contributed by atoms with Crippen molar-refractivity contribution in [3.8, 4) is 0 Å². The van der Waals surface area contributed by atoms with Crippen LogP contribution in [0.25, 0.3) is 0 Å². The Morgan fingerprint density at radius 3 is 2.87 bits per heavy atom. The Morgan fingerprint density at radius 2 is 2.40 bits per heavy atom. The molecule has 1 heterocycles. The third-order valence-electron chi connectivity index (χ3n) is 3.01. The molecule has 1 fully saturated rings. The maximum absolute atomic E-state index is 12.2. The number of carbonyl (C=O) groups excluding carboxylic acids is 1. The van der Waals surface area contributed by atoms with E-state index in [0.717, 1.165) is 23.7 Å². The third-order valence-corrected chi connectivity index (χ3v) is 3.59. The fourth-order valence-electron chi connectivity index (χ4n) is 1.85. The van der Waals surface area contributed by atoms with Crippen LogP contribution in [0.3, 0.4) is 0 Å². The molecule has 0 atom stereocenters. The lowest BCUT2D eigenvalue weighted by Crippen LogP contribution is -2.54. The van der Waals surface area contributed by atoms with Gasteiger partial charge in [0.15, 0.2) is 0 Å². The number of nitrogens with two attached hydrogens (primary N) is 1. The second kappa shape index (κ2) is 3.72. The van der Waals surface area contributed by atoms with E-state index in [9.17, 15) is 4.79 Å². The average molecular weight is 272 g/mol. The fraction of sp³-hybridized carbons (Fsp3) is 0.600. The van der Waals surface area contributed by atoms with Gasteiger partial charge in [-0.25, -0.2) is 0 Å². The highest BCUT2D eigenvalue weighted by Gasteiger charge is 2.42. The number of rotatable bonds is 3. The topological polar surface area (TPSA) is 60.9 Å². The predicted molar refractivity (Wildman–Crippen MR) is 60.7 cm³/mol. The molecule has 82 valence electrons. The first-order chi connectivity index (χ1) is 7.08. The first kappa shape index (κ1) is 10.8. The molecule has 1 aliphatic carbocycles. The van der Waals surface area contributed by atoms with E-state index in [1.165, 1.54) is 0 Å². The number of Topliss-reactive ketones (excluding diaryl/α,β-unsaturated/α-hetero) is 1. The van der Waals surface area contributed by atoms with E-state index in [1.54, 1.807) is 10.9 Å². The van der Waals surface area contributed by atoms with Crippen molar-refractivity contribution in [2.75, 3.05) is 0 Å². The van der Waals surface area contributed by atoms with E-state index in [0.29, 0.717) is 12.2 Å². The van der Waals surface area contributed by atoms with Crippen LogP contribution in [-0.4, -0.2) is 21.1 Å². The second-order valence-electron chi connectivity index (χ2n) is 4.00. The molecule has 0 spiro atoms. The van der Waals surface area contributed by atoms with Gasteiger partial charge < -0.3 is 5.73 Å². The van der Waals surface area contributed by atoms with E-state index in [2.05, 4.69) is 21.0 Å². The van der Waals surface area contributed by atoms with Gasteiger partial charge in [-0.1, -0.05) is 0 Å². The number of halogens is 1. The zero-order valence-electron chi connectivity index (χ0n) is 8.66. The third kappa shape index (κ3) is 1.63. The number of carbonyl (C=O) groups is 1. The minimum absolute atomic E-state index is 0.0139. The summed E-state index contributed by atoms with van der Waals surface area (Å²) in [6, 6.07) is 0. The smallest absolute Gasteiger partial charge is 0.201 e. The van der Waals surface area contributed by atoms with Crippen LogP contribution in [-0.2, 0) is 6.54 Å². The minimum Gasteiger partial charge on any atom is -0.319 e. The molecule has 1 aromatic heterocycles. The summed E-state index contributed by atoms with van der Waals surface area (Å²) in [6.45, 7) is 2.64. The van der Waals surface area contributed by atoms with Crippen molar-refractivity contribution in [1.82, 2.24) is 9.78 Å². The van der Waals surface area contributed by atoms with Gasteiger partial charge >= 0.3 is 0 Å². The Morgan fingerprint density at radius 1 is 1.73 bits per heavy atom. The maximum Gasteiger partial charge on any atom is 0.201 e. The quantitative estimate of drug-likeness (QED) is 0.852. The lowest BCUT2D eigenvalue weighted by Gasteiger charge is -2.36. The van der Waals surface area contributed by atoms with Crippen molar-refractivity contribution < 1.29 is 4.79 Å². The summed E-state index contributed by atoms with van der Waals surface area (Å²) in [5.41, 5.74) is 5.99. The van der Waals surface area contributed by atoms with Crippen LogP contribution in [0.1, 0.15) is 36.7 Å². The summed E-state index contributed by atoms with van der Waals surface area (Å²) in [7, 11) is 0. The molecule has 2 rings (SSSR count). The van der Waals surface area contributed by atoms with Gasteiger partial charge in [-0.2, -0.15) is 5.10 Å². The van der Waals surface area contributed by atoms with Gasteiger partial charge in [-0.3, -0.25) is 9.48 Å². The van der Waals surface area contributed by atoms with E-state index >= 15 is 0 Å². The highest BCUT2D eigenvalue weighted by molar-refractivity contribution is 9.10. The lowest BCUT2D eigenvalue weighted by atomic mass is 9.74. The Labute approximate surface area is 97.0 Å². The molecule has 0 aromatic carbocycles. The summed E-state index contributed by atoms with van der Waals surface area (Å²) >= 11 is 3.34. The SMILES string of the molecule is CCn1ncc(Br)c1C(=O)C1(N)CCC1. The van der Waals surface area contributed by atoms with Gasteiger partial charge in [0.1, 0.15) is 5.69 Å². The van der Waals surface area contributed by atoms with Gasteiger partial charge in [0.2, 0.25) is 5.78 Å². The first-order valence-electron chi connectivity index (χ1n) is 5.13. The first-order valence-corrected chi connectivity index (χ1v) is 5.93. The fourth-order valence-corrected chi connectivity index (χ4v) is 2.32. The Hall–Kier alpha value is -0.680. The summed E-state index contributed by atoms with van der Waals surface area (Å²) in [5.74, 6) is 0.0139. The molecule has 0 saturated heterocycles. The molecule has 0 bridgehead atoms. The summed E-state index contributed by atoms with van der Waals surface area (Å²) in [6.07, 6.45) is 4.26. The van der Waals surface area contributed by atoms with Crippen molar-refractivity contribution in [3.63, 3.8) is 0 Å². The van der Waals surface area contributed by atoms with Crippen molar-refractivity contribution in [2.45, 2.75) is 38.3 Å². The summed E-state index contributed by atoms with van der Waals surface area (Å²) in [4.78, 5) is 12.2. The number of hydrogen-bond donors (Lipinski definition) is 1. The van der Waals surface area contributed by atoms with Crippen LogP contribution < -0.4 is 5.73 Å². The largest absolute Gasteiger partial charge is 0.319 e. The molecule has 4 nitrogen and oxygen atoms in total. The van der Waals surface area contributed by atoms with Gasteiger partial charge in [0.25, 0.3) is 0 Å². The van der Waals surface area contributed by atoms with Crippen molar-refractivity contribution in [1.29, 1.82) is 0 Å². The van der Waals surface area contributed by atoms with Crippen LogP contribution >= 0.6 is 15.9 Å². The molecule has 0 amide bonds. The highest BCUT2D eigenvalue weighted by Crippen LogP contribution is 2.34. The number of aryl methyl sites for hydroxylation is 1. The summed E-state index contributed by atoms with van der Waals surface area (Å²) < 4.78 is 2.44.